The molecule has 1 atom stereocenters. The van der Waals surface area contributed by atoms with Gasteiger partial charge in [-0.1, -0.05) is 0 Å². The van der Waals surface area contributed by atoms with Crippen molar-refractivity contribution < 1.29 is 9.90 Å². The number of piperidine rings is 1. The van der Waals surface area contributed by atoms with E-state index in [4.69, 9.17) is 0 Å². The third kappa shape index (κ3) is 2.51. The largest absolute Gasteiger partial charge is 0.388 e. The fourth-order valence-corrected chi connectivity index (χ4v) is 3.56. The number of nitrogens with zero attached hydrogens (tertiary/aromatic N) is 2. The Hall–Kier alpha value is -1.59. The van der Waals surface area contributed by atoms with Crippen molar-refractivity contribution in [1.82, 2.24) is 9.47 Å². The van der Waals surface area contributed by atoms with Crippen LogP contribution in [0.5, 0.6) is 0 Å². The number of hydrogen-bond acceptors (Lipinski definition) is 3. The lowest BCUT2D eigenvalue weighted by molar-refractivity contribution is -0.0105. The molecule has 0 spiro atoms. The fraction of sp³-hybridized carbons (Fsp3) is 0.400. The molecule has 5 heteroatoms. The van der Waals surface area contributed by atoms with Gasteiger partial charge in [0.1, 0.15) is 4.88 Å². The van der Waals surface area contributed by atoms with E-state index in [2.05, 4.69) is 0 Å². The molecule has 2 aromatic heterocycles. The van der Waals surface area contributed by atoms with Crippen LogP contribution in [0.1, 0.15) is 29.4 Å². The topological polar surface area (TPSA) is 45.5 Å². The molecule has 0 saturated carbocycles. The van der Waals surface area contributed by atoms with E-state index in [1.807, 2.05) is 40.5 Å². The lowest BCUT2D eigenvalue weighted by atomic mass is 9.95. The number of amides is 1. The van der Waals surface area contributed by atoms with Crippen LogP contribution >= 0.6 is 11.3 Å². The summed E-state index contributed by atoms with van der Waals surface area (Å²) in [6, 6.07) is 5.84. The number of likely N-dealkylation sites (tertiary alicyclic amines) is 1. The zero-order valence-electron chi connectivity index (χ0n) is 11.5. The predicted molar refractivity (Wildman–Crippen MR) is 79.4 cm³/mol. The molecule has 1 amide bonds. The Kier molecular flexibility index (Phi) is 3.40. The van der Waals surface area contributed by atoms with Gasteiger partial charge in [0.25, 0.3) is 5.91 Å². The fourth-order valence-electron chi connectivity index (χ4n) is 2.70. The first kappa shape index (κ1) is 13.4. The molecule has 106 valence electrons. The summed E-state index contributed by atoms with van der Waals surface area (Å²) < 4.78 is 1.95. The van der Waals surface area contributed by atoms with Crippen LogP contribution < -0.4 is 0 Å². The monoisotopic (exact) mass is 290 g/mol. The maximum absolute atomic E-state index is 12.7. The third-order valence-electron chi connectivity index (χ3n) is 3.68. The molecule has 1 unspecified atom stereocenters. The van der Waals surface area contributed by atoms with Gasteiger partial charge in [0.05, 0.1) is 11.3 Å². The summed E-state index contributed by atoms with van der Waals surface area (Å²) in [7, 11) is 0. The number of aliphatic hydroxyl groups is 1. The van der Waals surface area contributed by atoms with Gasteiger partial charge in [-0.15, -0.1) is 11.3 Å². The smallest absolute Gasteiger partial charge is 0.266 e. The van der Waals surface area contributed by atoms with Crippen LogP contribution in [0.15, 0.2) is 36.0 Å². The molecule has 2 aromatic rings. The highest BCUT2D eigenvalue weighted by Crippen LogP contribution is 2.27. The predicted octanol–water partition coefficient (Wildman–Crippen LogP) is 2.53. The van der Waals surface area contributed by atoms with Gasteiger partial charge in [-0.25, -0.2) is 0 Å². The summed E-state index contributed by atoms with van der Waals surface area (Å²) in [6.07, 6.45) is 5.48. The highest BCUT2D eigenvalue weighted by Gasteiger charge is 2.32. The normalized spacial score (nSPS) is 23.0. The molecule has 0 bridgehead atoms. The van der Waals surface area contributed by atoms with Crippen molar-refractivity contribution in [3.05, 3.63) is 40.8 Å². The first-order valence-electron chi connectivity index (χ1n) is 6.79. The molecular formula is C15H18N2O2S. The molecule has 1 aliphatic heterocycles. The van der Waals surface area contributed by atoms with Crippen LogP contribution in [0.2, 0.25) is 0 Å². The van der Waals surface area contributed by atoms with Crippen molar-refractivity contribution in [3.8, 4) is 5.69 Å². The van der Waals surface area contributed by atoms with Gasteiger partial charge in [-0.3, -0.25) is 4.79 Å². The summed E-state index contributed by atoms with van der Waals surface area (Å²) in [4.78, 5) is 15.2. The van der Waals surface area contributed by atoms with E-state index in [1.54, 1.807) is 11.8 Å². The maximum Gasteiger partial charge on any atom is 0.266 e. The minimum absolute atomic E-state index is 0.0173. The molecule has 4 nitrogen and oxygen atoms in total. The molecule has 3 heterocycles. The van der Waals surface area contributed by atoms with Gasteiger partial charge in [-0.2, -0.15) is 0 Å². The SMILES string of the molecule is CC1(O)CCCN(C(=O)c2sccc2-n2cccc2)C1. The highest BCUT2D eigenvalue weighted by molar-refractivity contribution is 7.12. The van der Waals surface area contributed by atoms with Crippen LogP contribution in [-0.2, 0) is 0 Å². The Bertz CT molecular complexity index is 601. The molecule has 1 N–H and O–H groups in total. The molecule has 3 rings (SSSR count). The zero-order chi connectivity index (χ0) is 14.2. The average Bonchev–Trinajstić information content (AvgIpc) is 3.07. The summed E-state index contributed by atoms with van der Waals surface area (Å²) in [5.74, 6) is 0.0173. The van der Waals surface area contributed by atoms with Gasteiger partial charge in [0.2, 0.25) is 0 Å². The molecule has 20 heavy (non-hydrogen) atoms. The van der Waals surface area contributed by atoms with Crippen molar-refractivity contribution in [2.75, 3.05) is 13.1 Å². The van der Waals surface area contributed by atoms with E-state index in [0.29, 0.717) is 6.54 Å². The van der Waals surface area contributed by atoms with E-state index >= 15 is 0 Å². The first-order valence-corrected chi connectivity index (χ1v) is 7.67. The lowest BCUT2D eigenvalue weighted by Gasteiger charge is -2.36. The van der Waals surface area contributed by atoms with Gasteiger partial charge in [0, 0.05) is 25.5 Å². The van der Waals surface area contributed by atoms with Crippen molar-refractivity contribution in [3.63, 3.8) is 0 Å². The second-order valence-corrected chi connectivity index (χ2v) is 6.47. The van der Waals surface area contributed by atoms with Crippen LogP contribution in [0.3, 0.4) is 0 Å². The number of carbonyl (C=O) groups is 1. The van der Waals surface area contributed by atoms with E-state index in [9.17, 15) is 9.90 Å². The number of β-amino-alcohol motifs (C(OH)–C–C–N with tert-alkyl or cyclic N) is 1. The molecule has 0 aliphatic carbocycles. The van der Waals surface area contributed by atoms with Crippen molar-refractivity contribution in [2.45, 2.75) is 25.4 Å². The standard InChI is InChI=1S/C15H18N2O2S/c1-15(19)6-4-9-17(11-15)14(18)13-12(5-10-20-13)16-7-2-3-8-16/h2-3,5,7-8,10,19H,4,6,9,11H2,1H3. The van der Waals surface area contributed by atoms with Crippen LogP contribution in [0, 0.1) is 0 Å². The van der Waals surface area contributed by atoms with Crippen LogP contribution in [0.25, 0.3) is 5.69 Å². The second-order valence-electron chi connectivity index (χ2n) is 5.55. The Morgan fingerprint density at radius 3 is 2.85 bits per heavy atom. The summed E-state index contributed by atoms with van der Waals surface area (Å²) >= 11 is 1.46. The molecule has 0 aromatic carbocycles. The molecule has 1 aliphatic rings. The second kappa shape index (κ2) is 5.07. The summed E-state index contributed by atoms with van der Waals surface area (Å²) in [6.45, 7) is 2.93. The Morgan fingerprint density at radius 2 is 2.15 bits per heavy atom. The number of hydrogen-bond donors (Lipinski definition) is 1. The van der Waals surface area contributed by atoms with E-state index < -0.39 is 5.60 Å². The van der Waals surface area contributed by atoms with Gasteiger partial charge >= 0.3 is 0 Å². The third-order valence-corrected chi connectivity index (χ3v) is 4.58. The summed E-state index contributed by atoms with van der Waals surface area (Å²) in [5, 5.41) is 12.1. The molecule has 1 saturated heterocycles. The quantitative estimate of drug-likeness (QED) is 0.924. The number of carbonyl (C=O) groups excluding carboxylic acids is 1. The van der Waals surface area contributed by atoms with E-state index in [0.717, 1.165) is 30.0 Å². The molecule has 0 radical (unpaired) electrons. The average molecular weight is 290 g/mol. The van der Waals surface area contributed by atoms with Crippen LogP contribution in [-0.4, -0.2) is 39.2 Å². The van der Waals surface area contributed by atoms with Gasteiger partial charge < -0.3 is 14.6 Å². The van der Waals surface area contributed by atoms with Crippen molar-refractivity contribution in [2.24, 2.45) is 0 Å². The van der Waals surface area contributed by atoms with Gasteiger partial charge in [0.15, 0.2) is 0 Å². The van der Waals surface area contributed by atoms with Crippen molar-refractivity contribution in [1.29, 1.82) is 0 Å². The van der Waals surface area contributed by atoms with Crippen LogP contribution in [0.4, 0.5) is 0 Å². The minimum atomic E-state index is -0.765. The minimum Gasteiger partial charge on any atom is -0.388 e. The Labute approximate surface area is 122 Å². The van der Waals surface area contributed by atoms with Crippen molar-refractivity contribution >= 4 is 17.2 Å². The molecular weight excluding hydrogens is 272 g/mol. The molecule has 1 fully saturated rings. The van der Waals surface area contributed by atoms with E-state index in [1.165, 1.54) is 11.3 Å². The highest BCUT2D eigenvalue weighted by atomic mass is 32.1. The summed E-state index contributed by atoms with van der Waals surface area (Å²) in [5.41, 5.74) is 0.147. The first-order chi connectivity index (χ1) is 9.57. The number of aromatic nitrogens is 1. The maximum atomic E-state index is 12.7. The lowest BCUT2D eigenvalue weighted by Crippen LogP contribution is -2.48. The van der Waals surface area contributed by atoms with E-state index in [-0.39, 0.29) is 5.91 Å². The number of rotatable bonds is 2. The van der Waals surface area contributed by atoms with Gasteiger partial charge in [-0.05, 0) is 43.3 Å². The Morgan fingerprint density at radius 1 is 1.40 bits per heavy atom. The number of thiophene rings is 1. The Balaban J connectivity index is 1.87. The zero-order valence-corrected chi connectivity index (χ0v) is 12.3.